The zero-order valence-corrected chi connectivity index (χ0v) is 11.7. The molecular formula is C15H20N2O2. The van der Waals surface area contributed by atoms with E-state index in [0.29, 0.717) is 6.04 Å². The van der Waals surface area contributed by atoms with E-state index in [1.807, 2.05) is 32.0 Å². The summed E-state index contributed by atoms with van der Waals surface area (Å²) < 4.78 is 0. The number of hydrogen-bond donors (Lipinski definition) is 1. The van der Waals surface area contributed by atoms with Crippen LogP contribution in [0.15, 0.2) is 18.2 Å². The van der Waals surface area contributed by atoms with Crippen molar-refractivity contribution in [3.05, 3.63) is 29.3 Å². The van der Waals surface area contributed by atoms with Gasteiger partial charge in [0.2, 0.25) is 11.8 Å². The number of aryl methyl sites for hydroxylation is 2. The first-order valence-electron chi connectivity index (χ1n) is 6.62. The van der Waals surface area contributed by atoms with Crippen molar-refractivity contribution in [1.82, 2.24) is 5.32 Å². The number of amides is 2. The van der Waals surface area contributed by atoms with Crippen molar-refractivity contribution in [2.45, 2.75) is 39.7 Å². The van der Waals surface area contributed by atoms with Gasteiger partial charge in [-0.05, 0) is 38.3 Å². The van der Waals surface area contributed by atoms with Gasteiger partial charge in [0, 0.05) is 18.7 Å². The minimum atomic E-state index is -0.113. The summed E-state index contributed by atoms with van der Waals surface area (Å²) in [5.41, 5.74) is 2.96. The van der Waals surface area contributed by atoms with E-state index in [0.717, 1.165) is 29.7 Å². The highest BCUT2D eigenvalue weighted by molar-refractivity contribution is 5.98. The second-order valence-corrected chi connectivity index (χ2v) is 5.24. The summed E-state index contributed by atoms with van der Waals surface area (Å²) in [5.74, 6) is -0.199. The molecule has 1 N–H and O–H groups in total. The molecule has 0 atom stereocenters. The van der Waals surface area contributed by atoms with E-state index in [4.69, 9.17) is 0 Å². The van der Waals surface area contributed by atoms with E-state index >= 15 is 0 Å². The van der Waals surface area contributed by atoms with Crippen LogP contribution in [0.3, 0.4) is 0 Å². The average molecular weight is 260 g/mol. The quantitative estimate of drug-likeness (QED) is 0.899. The average Bonchev–Trinajstić information content (AvgIpc) is 3.10. The third-order valence-corrected chi connectivity index (χ3v) is 3.27. The van der Waals surface area contributed by atoms with Gasteiger partial charge >= 0.3 is 0 Å². The topological polar surface area (TPSA) is 49.4 Å². The molecule has 1 aliphatic rings. The molecule has 0 heterocycles. The summed E-state index contributed by atoms with van der Waals surface area (Å²) in [6.45, 7) is 5.55. The van der Waals surface area contributed by atoms with Gasteiger partial charge in [-0.3, -0.25) is 9.59 Å². The van der Waals surface area contributed by atoms with Crippen LogP contribution in [0.5, 0.6) is 0 Å². The highest BCUT2D eigenvalue weighted by atomic mass is 16.2. The van der Waals surface area contributed by atoms with Gasteiger partial charge in [-0.15, -0.1) is 0 Å². The van der Waals surface area contributed by atoms with Crippen LogP contribution in [-0.2, 0) is 9.59 Å². The van der Waals surface area contributed by atoms with E-state index in [1.165, 1.54) is 11.8 Å². The maximum Gasteiger partial charge on any atom is 0.240 e. The third-order valence-electron chi connectivity index (χ3n) is 3.27. The van der Waals surface area contributed by atoms with Crippen LogP contribution in [0, 0.1) is 13.8 Å². The maximum atomic E-state index is 11.9. The van der Waals surface area contributed by atoms with Gasteiger partial charge < -0.3 is 10.2 Å². The molecule has 1 fully saturated rings. The zero-order chi connectivity index (χ0) is 14.0. The Bertz CT molecular complexity index is 507. The lowest BCUT2D eigenvalue weighted by molar-refractivity contribution is -0.123. The Hall–Kier alpha value is -1.84. The number of nitrogens with zero attached hydrogens (tertiary/aromatic N) is 1. The number of benzene rings is 1. The molecule has 0 radical (unpaired) electrons. The third kappa shape index (κ3) is 3.56. The van der Waals surface area contributed by atoms with E-state index in [9.17, 15) is 9.59 Å². The molecule has 0 aromatic heterocycles. The van der Waals surface area contributed by atoms with E-state index in [2.05, 4.69) is 5.32 Å². The maximum absolute atomic E-state index is 11.9. The standard InChI is InChI=1S/C15H20N2O2/c1-10-4-7-14(11(2)8-10)17(12(3)18)9-15(19)16-13-5-6-13/h4,7-8,13H,5-6,9H2,1-3H3,(H,16,19). The summed E-state index contributed by atoms with van der Waals surface area (Å²) in [5, 5.41) is 2.91. The van der Waals surface area contributed by atoms with Crippen molar-refractivity contribution >= 4 is 17.5 Å². The molecule has 2 amide bonds. The van der Waals surface area contributed by atoms with Crippen molar-refractivity contribution in [2.24, 2.45) is 0 Å². The Morgan fingerprint density at radius 3 is 2.53 bits per heavy atom. The van der Waals surface area contributed by atoms with E-state index < -0.39 is 0 Å². The molecule has 1 saturated carbocycles. The summed E-state index contributed by atoms with van der Waals surface area (Å²) in [4.78, 5) is 25.2. The molecule has 0 aliphatic heterocycles. The fourth-order valence-corrected chi connectivity index (χ4v) is 2.12. The molecule has 102 valence electrons. The second kappa shape index (κ2) is 5.43. The van der Waals surface area contributed by atoms with Gasteiger partial charge in [0.25, 0.3) is 0 Å². The van der Waals surface area contributed by atoms with Crippen LogP contribution in [0.1, 0.15) is 30.9 Å². The lowest BCUT2D eigenvalue weighted by Gasteiger charge is -2.23. The number of anilines is 1. The normalized spacial score (nSPS) is 14.1. The van der Waals surface area contributed by atoms with E-state index in [1.54, 1.807) is 0 Å². The van der Waals surface area contributed by atoms with Crippen molar-refractivity contribution in [1.29, 1.82) is 0 Å². The lowest BCUT2D eigenvalue weighted by Crippen LogP contribution is -2.40. The molecule has 0 saturated heterocycles. The summed E-state index contributed by atoms with van der Waals surface area (Å²) in [6, 6.07) is 6.19. The van der Waals surface area contributed by atoms with Crippen molar-refractivity contribution in [2.75, 3.05) is 11.4 Å². The highest BCUT2D eigenvalue weighted by Gasteiger charge is 2.25. The van der Waals surface area contributed by atoms with Crippen LogP contribution >= 0.6 is 0 Å². The zero-order valence-electron chi connectivity index (χ0n) is 11.7. The van der Waals surface area contributed by atoms with Gasteiger partial charge in [-0.25, -0.2) is 0 Å². The van der Waals surface area contributed by atoms with Gasteiger partial charge in [0.15, 0.2) is 0 Å². The first-order valence-corrected chi connectivity index (χ1v) is 6.62. The van der Waals surface area contributed by atoms with Crippen LogP contribution in [0.2, 0.25) is 0 Å². The number of hydrogen-bond acceptors (Lipinski definition) is 2. The minimum absolute atomic E-state index is 0.0855. The fraction of sp³-hybridized carbons (Fsp3) is 0.467. The molecule has 0 unspecified atom stereocenters. The van der Waals surface area contributed by atoms with Gasteiger partial charge in [-0.1, -0.05) is 17.7 Å². The molecular weight excluding hydrogens is 240 g/mol. The Balaban J connectivity index is 2.14. The second-order valence-electron chi connectivity index (χ2n) is 5.24. The predicted molar refractivity (Wildman–Crippen MR) is 75.1 cm³/mol. The molecule has 0 spiro atoms. The summed E-state index contributed by atoms with van der Waals surface area (Å²) in [6.07, 6.45) is 2.10. The van der Waals surface area contributed by atoms with Gasteiger partial charge in [-0.2, -0.15) is 0 Å². The smallest absolute Gasteiger partial charge is 0.240 e. The lowest BCUT2D eigenvalue weighted by atomic mass is 10.1. The van der Waals surface area contributed by atoms with Crippen LogP contribution in [-0.4, -0.2) is 24.4 Å². The van der Waals surface area contributed by atoms with Crippen LogP contribution in [0.25, 0.3) is 0 Å². The first-order chi connectivity index (χ1) is 8.97. The number of carbonyl (C=O) groups excluding carboxylic acids is 2. The van der Waals surface area contributed by atoms with Crippen LogP contribution < -0.4 is 10.2 Å². The number of nitrogens with one attached hydrogen (secondary N) is 1. The molecule has 1 aliphatic carbocycles. The number of carbonyl (C=O) groups is 2. The van der Waals surface area contributed by atoms with Crippen LogP contribution in [0.4, 0.5) is 5.69 Å². The van der Waals surface area contributed by atoms with Crippen molar-refractivity contribution in [3.63, 3.8) is 0 Å². The summed E-state index contributed by atoms with van der Waals surface area (Å²) in [7, 11) is 0. The molecule has 0 bridgehead atoms. The molecule has 4 heteroatoms. The molecule has 1 aromatic carbocycles. The molecule has 1 aromatic rings. The summed E-state index contributed by atoms with van der Waals surface area (Å²) >= 11 is 0. The Morgan fingerprint density at radius 2 is 2.00 bits per heavy atom. The van der Waals surface area contributed by atoms with E-state index in [-0.39, 0.29) is 18.4 Å². The van der Waals surface area contributed by atoms with Crippen molar-refractivity contribution in [3.8, 4) is 0 Å². The van der Waals surface area contributed by atoms with Gasteiger partial charge in [0.1, 0.15) is 6.54 Å². The largest absolute Gasteiger partial charge is 0.352 e. The highest BCUT2D eigenvalue weighted by Crippen LogP contribution is 2.22. The monoisotopic (exact) mass is 260 g/mol. The minimum Gasteiger partial charge on any atom is -0.352 e. The molecule has 2 rings (SSSR count). The first kappa shape index (κ1) is 13.6. The van der Waals surface area contributed by atoms with Gasteiger partial charge in [0.05, 0.1) is 0 Å². The Kier molecular flexibility index (Phi) is 3.88. The fourth-order valence-electron chi connectivity index (χ4n) is 2.12. The van der Waals surface area contributed by atoms with Crippen molar-refractivity contribution < 1.29 is 9.59 Å². The predicted octanol–water partition coefficient (Wildman–Crippen LogP) is 1.93. The molecule has 4 nitrogen and oxygen atoms in total. The Morgan fingerprint density at radius 1 is 1.32 bits per heavy atom. The Labute approximate surface area is 113 Å². The molecule has 19 heavy (non-hydrogen) atoms. The SMILES string of the molecule is CC(=O)N(CC(=O)NC1CC1)c1ccc(C)cc1C. The number of rotatable bonds is 4.